The zero-order chi connectivity index (χ0) is 18.3. The Morgan fingerprint density at radius 1 is 1.00 bits per heavy atom. The van der Waals surface area contributed by atoms with Crippen LogP contribution in [0, 0.1) is 0 Å². The zero-order valence-electron chi connectivity index (χ0n) is 13.5. The molecule has 6 heteroatoms. The minimum Gasteiger partial charge on any atom is -0.506 e. The van der Waals surface area contributed by atoms with E-state index in [1.165, 1.54) is 26.0 Å². The topological polar surface area (TPSA) is 74.7 Å². The van der Waals surface area contributed by atoms with Crippen molar-refractivity contribution in [3.05, 3.63) is 64.2 Å². The van der Waals surface area contributed by atoms with Crippen LogP contribution < -0.4 is 4.90 Å². The number of rotatable bonds is 2. The standard InChI is InChI=1S/C19H14ClNO4/c1-10(22)13-5-8-16-15(9-13)17(19(25)21(16)11(2)23)18(24)12-3-6-14(20)7-4-12/h3-9,24H,1-2H3/b18-17-. The number of benzene rings is 2. The van der Waals surface area contributed by atoms with Gasteiger partial charge in [0.1, 0.15) is 5.76 Å². The van der Waals surface area contributed by atoms with Crippen LogP contribution in [-0.2, 0) is 9.59 Å². The van der Waals surface area contributed by atoms with Crippen molar-refractivity contribution in [3.63, 3.8) is 0 Å². The SMILES string of the molecule is CC(=O)c1ccc2c(c1)/C(=C(/O)c1ccc(Cl)cc1)C(=O)N2C(C)=O. The van der Waals surface area contributed by atoms with Crippen LogP contribution >= 0.6 is 11.6 Å². The van der Waals surface area contributed by atoms with E-state index in [2.05, 4.69) is 0 Å². The highest BCUT2D eigenvalue weighted by Gasteiger charge is 2.38. The van der Waals surface area contributed by atoms with Gasteiger partial charge in [0.25, 0.3) is 5.91 Å². The first-order valence-electron chi connectivity index (χ1n) is 7.51. The second-order valence-corrected chi connectivity index (χ2v) is 6.11. The summed E-state index contributed by atoms with van der Waals surface area (Å²) in [6.07, 6.45) is 0. The number of hydrogen-bond donors (Lipinski definition) is 1. The highest BCUT2D eigenvalue weighted by atomic mass is 35.5. The van der Waals surface area contributed by atoms with Crippen molar-refractivity contribution in [2.24, 2.45) is 0 Å². The predicted octanol–water partition coefficient (Wildman–Crippen LogP) is 3.86. The summed E-state index contributed by atoms with van der Waals surface area (Å²) >= 11 is 5.85. The van der Waals surface area contributed by atoms with E-state index in [0.717, 1.165) is 4.90 Å². The van der Waals surface area contributed by atoms with E-state index in [-0.39, 0.29) is 17.1 Å². The lowest BCUT2D eigenvalue weighted by Gasteiger charge is -2.12. The van der Waals surface area contributed by atoms with Crippen molar-refractivity contribution in [1.29, 1.82) is 0 Å². The van der Waals surface area contributed by atoms with Gasteiger partial charge >= 0.3 is 0 Å². The van der Waals surface area contributed by atoms with E-state index in [0.29, 0.717) is 27.4 Å². The van der Waals surface area contributed by atoms with Crippen LogP contribution in [0.3, 0.4) is 0 Å². The summed E-state index contributed by atoms with van der Waals surface area (Å²) in [4.78, 5) is 37.3. The van der Waals surface area contributed by atoms with Gasteiger partial charge in [-0.1, -0.05) is 11.6 Å². The largest absolute Gasteiger partial charge is 0.506 e. The molecule has 0 spiro atoms. The molecule has 3 rings (SSSR count). The minimum atomic E-state index is -0.629. The number of hydrogen-bond acceptors (Lipinski definition) is 4. The summed E-state index contributed by atoms with van der Waals surface area (Å²) in [6, 6.07) is 10.9. The number of amides is 2. The van der Waals surface area contributed by atoms with E-state index >= 15 is 0 Å². The molecule has 0 fully saturated rings. The van der Waals surface area contributed by atoms with Crippen LogP contribution in [0.5, 0.6) is 0 Å². The number of aliphatic hydroxyl groups excluding tert-OH is 1. The molecule has 2 aromatic carbocycles. The van der Waals surface area contributed by atoms with Gasteiger partial charge < -0.3 is 5.11 Å². The van der Waals surface area contributed by atoms with Crippen LogP contribution in [0.4, 0.5) is 5.69 Å². The monoisotopic (exact) mass is 355 g/mol. The molecule has 1 heterocycles. The molecule has 2 aromatic rings. The van der Waals surface area contributed by atoms with Gasteiger partial charge in [-0.3, -0.25) is 14.4 Å². The summed E-state index contributed by atoms with van der Waals surface area (Å²) in [6.45, 7) is 2.67. The molecule has 5 nitrogen and oxygen atoms in total. The molecule has 0 radical (unpaired) electrons. The number of anilines is 1. The number of Topliss-reactive ketones (excluding diaryl/α,β-unsaturated/α-hetero) is 1. The molecule has 0 unspecified atom stereocenters. The number of aliphatic hydroxyl groups is 1. The normalized spacial score (nSPS) is 15.2. The van der Waals surface area contributed by atoms with E-state index in [4.69, 9.17) is 11.6 Å². The molecular weight excluding hydrogens is 342 g/mol. The van der Waals surface area contributed by atoms with Gasteiger partial charge in [-0.05, 0) is 49.4 Å². The molecule has 0 bridgehead atoms. The Hall–Kier alpha value is -2.92. The zero-order valence-corrected chi connectivity index (χ0v) is 14.3. The van der Waals surface area contributed by atoms with E-state index in [9.17, 15) is 19.5 Å². The van der Waals surface area contributed by atoms with Crippen molar-refractivity contribution in [1.82, 2.24) is 0 Å². The van der Waals surface area contributed by atoms with Gasteiger partial charge in [0.2, 0.25) is 5.91 Å². The molecule has 1 aliphatic rings. The van der Waals surface area contributed by atoms with Gasteiger partial charge in [-0.25, -0.2) is 4.90 Å². The summed E-state index contributed by atoms with van der Waals surface area (Å²) in [5, 5.41) is 11.1. The van der Waals surface area contributed by atoms with Crippen LogP contribution in [0.1, 0.15) is 35.3 Å². The number of nitrogens with zero attached hydrogens (tertiary/aromatic N) is 1. The number of fused-ring (bicyclic) bond motifs is 1. The lowest BCUT2D eigenvalue weighted by molar-refractivity contribution is -0.122. The lowest BCUT2D eigenvalue weighted by Crippen LogP contribution is -2.31. The minimum absolute atomic E-state index is 0.0179. The van der Waals surface area contributed by atoms with E-state index < -0.39 is 11.8 Å². The first kappa shape index (κ1) is 16.9. The fraction of sp³-hybridized carbons (Fsp3) is 0.105. The van der Waals surface area contributed by atoms with Gasteiger partial charge in [-0.2, -0.15) is 0 Å². The van der Waals surface area contributed by atoms with Gasteiger partial charge in [0.15, 0.2) is 5.78 Å². The maximum absolute atomic E-state index is 12.7. The van der Waals surface area contributed by atoms with E-state index in [1.54, 1.807) is 30.3 Å². The Bertz CT molecular complexity index is 944. The molecule has 0 atom stereocenters. The van der Waals surface area contributed by atoms with Gasteiger partial charge in [0.05, 0.1) is 11.3 Å². The average molecular weight is 356 g/mol. The summed E-state index contributed by atoms with van der Waals surface area (Å²) in [7, 11) is 0. The highest BCUT2D eigenvalue weighted by Crippen LogP contribution is 2.40. The predicted molar refractivity (Wildman–Crippen MR) is 95.5 cm³/mol. The molecule has 0 aliphatic carbocycles. The van der Waals surface area contributed by atoms with Crippen molar-refractivity contribution >= 4 is 46.2 Å². The Balaban J connectivity index is 2.27. The smallest absolute Gasteiger partial charge is 0.269 e. The molecule has 0 saturated heterocycles. The van der Waals surface area contributed by atoms with Crippen LogP contribution in [0.2, 0.25) is 5.02 Å². The highest BCUT2D eigenvalue weighted by molar-refractivity contribution is 6.43. The number of carbonyl (C=O) groups is 3. The summed E-state index contributed by atoms with van der Waals surface area (Å²) < 4.78 is 0. The molecular formula is C19H14ClNO4. The summed E-state index contributed by atoms with van der Waals surface area (Å²) in [5.41, 5.74) is 1.45. The number of halogens is 1. The van der Waals surface area contributed by atoms with Crippen molar-refractivity contribution < 1.29 is 19.5 Å². The first-order chi connectivity index (χ1) is 11.8. The van der Waals surface area contributed by atoms with E-state index in [1.807, 2.05) is 0 Å². The number of ketones is 1. The first-order valence-corrected chi connectivity index (χ1v) is 7.88. The van der Waals surface area contributed by atoms with Crippen molar-refractivity contribution in [3.8, 4) is 0 Å². The molecule has 2 amide bonds. The molecule has 0 aromatic heterocycles. The third-order valence-corrected chi connectivity index (χ3v) is 4.25. The maximum Gasteiger partial charge on any atom is 0.269 e. The molecule has 126 valence electrons. The summed E-state index contributed by atoms with van der Waals surface area (Å²) in [5.74, 6) is -1.55. The van der Waals surface area contributed by atoms with Crippen LogP contribution in [0.25, 0.3) is 11.3 Å². The Labute approximate surface area is 149 Å². The number of carbonyl (C=O) groups excluding carboxylic acids is 3. The second kappa shape index (κ2) is 6.18. The quantitative estimate of drug-likeness (QED) is 0.504. The Morgan fingerprint density at radius 3 is 2.16 bits per heavy atom. The van der Waals surface area contributed by atoms with Gasteiger partial charge in [0, 0.05) is 28.6 Å². The van der Waals surface area contributed by atoms with Crippen LogP contribution in [0.15, 0.2) is 42.5 Å². The third kappa shape index (κ3) is 2.83. The van der Waals surface area contributed by atoms with Gasteiger partial charge in [-0.15, -0.1) is 0 Å². The average Bonchev–Trinajstić information content (AvgIpc) is 2.85. The lowest BCUT2D eigenvalue weighted by atomic mass is 9.99. The Morgan fingerprint density at radius 2 is 1.60 bits per heavy atom. The molecule has 25 heavy (non-hydrogen) atoms. The van der Waals surface area contributed by atoms with Crippen molar-refractivity contribution in [2.45, 2.75) is 13.8 Å². The molecule has 1 aliphatic heterocycles. The maximum atomic E-state index is 12.7. The second-order valence-electron chi connectivity index (χ2n) is 5.68. The fourth-order valence-electron chi connectivity index (χ4n) is 2.78. The third-order valence-electron chi connectivity index (χ3n) is 4.00. The fourth-order valence-corrected chi connectivity index (χ4v) is 2.91. The van der Waals surface area contributed by atoms with Crippen LogP contribution in [-0.4, -0.2) is 22.7 Å². The molecule has 0 saturated carbocycles. The molecule has 1 N–H and O–H groups in total. The Kier molecular flexibility index (Phi) is 4.18. The van der Waals surface area contributed by atoms with Crippen molar-refractivity contribution in [2.75, 3.05) is 4.90 Å². The number of imide groups is 1.